The van der Waals surface area contributed by atoms with Crippen LogP contribution in [-0.2, 0) is 6.54 Å². The van der Waals surface area contributed by atoms with E-state index in [0.717, 1.165) is 32.0 Å². The first-order chi connectivity index (χ1) is 9.76. The SMILES string of the molecule is CCNC1CCN(Cc2ccn(C(CC)CC)n2)CC1. The summed E-state index contributed by atoms with van der Waals surface area (Å²) in [5, 5.41) is 8.32. The van der Waals surface area contributed by atoms with Gasteiger partial charge < -0.3 is 5.32 Å². The summed E-state index contributed by atoms with van der Waals surface area (Å²) in [6, 6.07) is 3.47. The second-order valence-corrected chi connectivity index (χ2v) is 5.87. The molecule has 1 fully saturated rings. The van der Waals surface area contributed by atoms with Crippen LogP contribution in [-0.4, -0.2) is 40.4 Å². The van der Waals surface area contributed by atoms with Gasteiger partial charge in [0.1, 0.15) is 0 Å². The van der Waals surface area contributed by atoms with Gasteiger partial charge in [0.15, 0.2) is 0 Å². The maximum Gasteiger partial charge on any atom is 0.0764 e. The second kappa shape index (κ2) is 7.79. The number of nitrogens with one attached hydrogen (secondary N) is 1. The van der Waals surface area contributed by atoms with Gasteiger partial charge in [0.25, 0.3) is 0 Å². The number of nitrogens with zero attached hydrogens (tertiary/aromatic N) is 3. The van der Waals surface area contributed by atoms with Crippen molar-refractivity contribution in [1.82, 2.24) is 20.0 Å². The third-order valence-electron chi connectivity index (χ3n) is 4.45. The molecule has 2 rings (SSSR count). The fourth-order valence-corrected chi connectivity index (χ4v) is 3.14. The van der Waals surface area contributed by atoms with Crippen molar-refractivity contribution in [2.75, 3.05) is 19.6 Å². The summed E-state index contributed by atoms with van der Waals surface area (Å²) in [5.74, 6) is 0. The van der Waals surface area contributed by atoms with Gasteiger partial charge in [0.05, 0.1) is 11.7 Å². The number of aromatic nitrogens is 2. The molecule has 1 aliphatic heterocycles. The highest BCUT2D eigenvalue weighted by molar-refractivity contribution is 5.00. The van der Waals surface area contributed by atoms with Gasteiger partial charge in [0.2, 0.25) is 0 Å². The summed E-state index contributed by atoms with van der Waals surface area (Å²) < 4.78 is 2.15. The number of hydrogen-bond donors (Lipinski definition) is 1. The second-order valence-electron chi connectivity index (χ2n) is 5.87. The van der Waals surface area contributed by atoms with E-state index >= 15 is 0 Å². The van der Waals surface area contributed by atoms with Gasteiger partial charge in [-0.3, -0.25) is 9.58 Å². The molecule has 0 aliphatic carbocycles. The van der Waals surface area contributed by atoms with Crippen molar-refractivity contribution in [3.05, 3.63) is 18.0 Å². The Bertz CT molecular complexity index is 376. The zero-order chi connectivity index (χ0) is 14.4. The van der Waals surface area contributed by atoms with E-state index in [0.29, 0.717) is 6.04 Å². The van der Waals surface area contributed by atoms with E-state index in [4.69, 9.17) is 5.10 Å². The Balaban J connectivity index is 1.82. The maximum absolute atomic E-state index is 4.76. The van der Waals surface area contributed by atoms with Crippen molar-refractivity contribution in [2.24, 2.45) is 0 Å². The molecule has 1 saturated heterocycles. The molecule has 0 amide bonds. The van der Waals surface area contributed by atoms with Crippen LogP contribution in [0, 0.1) is 0 Å². The minimum Gasteiger partial charge on any atom is -0.314 e. The van der Waals surface area contributed by atoms with E-state index in [1.807, 2.05) is 0 Å². The van der Waals surface area contributed by atoms with E-state index in [1.165, 1.54) is 31.6 Å². The minimum absolute atomic E-state index is 0.559. The molecular weight excluding hydrogens is 248 g/mol. The van der Waals surface area contributed by atoms with Gasteiger partial charge in [-0.05, 0) is 38.3 Å². The highest BCUT2D eigenvalue weighted by Crippen LogP contribution is 2.17. The predicted molar refractivity (Wildman–Crippen MR) is 83.8 cm³/mol. The summed E-state index contributed by atoms with van der Waals surface area (Å²) in [4.78, 5) is 2.54. The normalized spacial score (nSPS) is 18.0. The Morgan fingerprint density at radius 1 is 1.25 bits per heavy atom. The first kappa shape index (κ1) is 15.5. The summed E-state index contributed by atoms with van der Waals surface area (Å²) >= 11 is 0. The van der Waals surface area contributed by atoms with Gasteiger partial charge >= 0.3 is 0 Å². The van der Waals surface area contributed by atoms with Crippen LogP contribution in [0.25, 0.3) is 0 Å². The van der Waals surface area contributed by atoms with Gasteiger partial charge in [-0.1, -0.05) is 20.8 Å². The predicted octanol–water partition coefficient (Wildman–Crippen LogP) is 2.82. The van der Waals surface area contributed by atoms with Crippen LogP contribution >= 0.6 is 0 Å². The molecule has 0 radical (unpaired) electrons. The molecule has 4 nitrogen and oxygen atoms in total. The topological polar surface area (TPSA) is 33.1 Å². The van der Waals surface area contributed by atoms with Crippen LogP contribution in [0.5, 0.6) is 0 Å². The Kier molecular flexibility index (Phi) is 6.05. The van der Waals surface area contributed by atoms with Crippen LogP contribution in [0.15, 0.2) is 12.3 Å². The molecule has 1 aromatic heterocycles. The summed E-state index contributed by atoms with van der Waals surface area (Å²) in [7, 11) is 0. The van der Waals surface area contributed by atoms with Crippen molar-refractivity contribution in [1.29, 1.82) is 0 Å². The van der Waals surface area contributed by atoms with Crippen molar-refractivity contribution in [3.63, 3.8) is 0 Å². The van der Waals surface area contributed by atoms with Crippen LogP contribution < -0.4 is 5.32 Å². The molecule has 1 aromatic rings. The van der Waals surface area contributed by atoms with Gasteiger partial charge in [-0.2, -0.15) is 5.10 Å². The van der Waals surface area contributed by atoms with Gasteiger partial charge in [-0.15, -0.1) is 0 Å². The van der Waals surface area contributed by atoms with Crippen LogP contribution in [0.4, 0.5) is 0 Å². The highest BCUT2D eigenvalue weighted by Gasteiger charge is 2.19. The molecule has 0 aromatic carbocycles. The Hall–Kier alpha value is -0.870. The lowest BCUT2D eigenvalue weighted by atomic mass is 10.1. The van der Waals surface area contributed by atoms with Crippen LogP contribution in [0.1, 0.15) is 58.2 Å². The smallest absolute Gasteiger partial charge is 0.0764 e. The van der Waals surface area contributed by atoms with Crippen molar-refractivity contribution in [2.45, 2.75) is 65.1 Å². The molecule has 0 bridgehead atoms. The molecular formula is C16H30N4. The first-order valence-electron chi connectivity index (χ1n) is 8.26. The molecule has 0 spiro atoms. The zero-order valence-electron chi connectivity index (χ0n) is 13.3. The monoisotopic (exact) mass is 278 g/mol. The number of piperidine rings is 1. The molecule has 0 unspecified atom stereocenters. The van der Waals surface area contributed by atoms with Gasteiger partial charge in [-0.25, -0.2) is 0 Å². The summed E-state index contributed by atoms with van der Waals surface area (Å²) in [5.41, 5.74) is 1.22. The van der Waals surface area contributed by atoms with Crippen molar-refractivity contribution < 1.29 is 0 Å². The molecule has 2 heterocycles. The lowest BCUT2D eigenvalue weighted by Gasteiger charge is -2.31. The van der Waals surface area contributed by atoms with Crippen molar-refractivity contribution in [3.8, 4) is 0 Å². The first-order valence-corrected chi connectivity index (χ1v) is 8.26. The zero-order valence-corrected chi connectivity index (χ0v) is 13.3. The third kappa shape index (κ3) is 4.06. The van der Waals surface area contributed by atoms with E-state index in [1.54, 1.807) is 0 Å². The van der Waals surface area contributed by atoms with Crippen molar-refractivity contribution >= 4 is 0 Å². The molecule has 114 valence electrons. The lowest BCUT2D eigenvalue weighted by Crippen LogP contribution is -2.42. The minimum atomic E-state index is 0.559. The Labute approximate surface area is 123 Å². The lowest BCUT2D eigenvalue weighted by molar-refractivity contribution is 0.189. The van der Waals surface area contributed by atoms with Crippen LogP contribution in [0.2, 0.25) is 0 Å². The maximum atomic E-state index is 4.76. The summed E-state index contributed by atoms with van der Waals surface area (Å²) in [6.45, 7) is 11.1. The molecule has 1 N–H and O–H groups in total. The van der Waals surface area contributed by atoms with Crippen LogP contribution in [0.3, 0.4) is 0 Å². The largest absolute Gasteiger partial charge is 0.314 e. The number of rotatable bonds is 7. The third-order valence-corrected chi connectivity index (χ3v) is 4.45. The fraction of sp³-hybridized carbons (Fsp3) is 0.812. The highest BCUT2D eigenvalue weighted by atomic mass is 15.3. The van der Waals surface area contributed by atoms with E-state index < -0.39 is 0 Å². The van der Waals surface area contributed by atoms with Gasteiger partial charge in [0, 0.05) is 31.9 Å². The molecule has 1 aliphatic rings. The fourth-order valence-electron chi connectivity index (χ4n) is 3.14. The standard InChI is InChI=1S/C16H30N4/c1-4-16(5-2)20-12-9-15(18-20)13-19-10-7-14(8-11-19)17-6-3/h9,12,14,16-17H,4-8,10-11,13H2,1-3H3. The average Bonchev–Trinajstić information content (AvgIpc) is 2.91. The molecule has 0 saturated carbocycles. The molecule has 4 heteroatoms. The number of hydrogen-bond acceptors (Lipinski definition) is 3. The van der Waals surface area contributed by atoms with E-state index in [-0.39, 0.29) is 0 Å². The average molecular weight is 278 g/mol. The molecule has 0 atom stereocenters. The quantitative estimate of drug-likeness (QED) is 0.832. The van der Waals surface area contributed by atoms with E-state index in [9.17, 15) is 0 Å². The summed E-state index contributed by atoms with van der Waals surface area (Å²) in [6.07, 6.45) is 7.00. The molecule has 20 heavy (non-hydrogen) atoms. The number of likely N-dealkylation sites (tertiary alicyclic amines) is 1. The Morgan fingerprint density at radius 3 is 2.55 bits per heavy atom. The Morgan fingerprint density at radius 2 is 1.95 bits per heavy atom. The van der Waals surface area contributed by atoms with E-state index in [2.05, 4.69) is 47.9 Å².